The van der Waals surface area contributed by atoms with Gasteiger partial charge in [-0.2, -0.15) is 0 Å². The van der Waals surface area contributed by atoms with Crippen LogP contribution < -0.4 is 5.32 Å². The normalized spacial score (nSPS) is 12.7. The van der Waals surface area contributed by atoms with Gasteiger partial charge >= 0.3 is 0 Å². The van der Waals surface area contributed by atoms with Gasteiger partial charge in [0.25, 0.3) is 0 Å². The Kier molecular flexibility index (Phi) is 4.84. The van der Waals surface area contributed by atoms with E-state index in [0.29, 0.717) is 0 Å². The monoisotopic (exact) mass is 343 g/mol. The van der Waals surface area contributed by atoms with Gasteiger partial charge in [-0.15, -0.1) is 11.3 Å². The number of hydrogen-bond acceptors (Lipinski definition) is 2. The Labute approximate surface area is 125 Å². The molecule has 0 saturated heterocycles. The molecule has 0 spiro atoms. The molecule has 96 valence electrons. The average Bonchev–Trinajstić information content (AvgIpc) is 2.76. The number of aryl methyl sites for hydroxylation is 1. The molecule has 1 heterocycles. The standard InChI is InChI=1S/C14H15BrClNS/c1-3-17-14(12-6-7-13(15)18-12)10-5-4-9(2)11(16)8-10/h4-8,14,17H,3H2,1-2H3. The van der Waals surface area contributed by atoms with Crippen molar-refractivity contribution in [3.05, 3.63) is 55.1 Å². The first-order valence-electron chi connectivity index (χ1n) is 5.86. The molecule has 0 saturated carbocycles. The summed E-state index contributed by atoms with van der Waals surface area (Å²) in [6, 6.07) is 10.7. The van der Waals surface area contributed by atoms with Gasteiger partial charge in [-0.3, -0.25) is 0 Å². The van der Waals surface area contributed by atoms with Crippen LogP contribution in [0.15, 0.2) is 34.1 Å². The van der Waals surface area contributed by atoms with Crippen LogP contribution in [-0.2, 0) is 0 Å². The van der Waals surface area contributed by atoms with Crippen LogP contribution >= 0.6 is 38.9 Å². The van der Waals surface area contributed by atoms with Gasteiger partial charge in [-0.1, -0.05) is 30.7 Å². The van der Waals surface area contributed by atoms with E-state index in [0.717, 1.165) is 20.9 Å². The predicted octanol–water partition coefficient (Wildman–Crippen LogP) is 5.17. The average molecular weight is 345 g/mol. The lowest BCUT2D eigenvalue weighted by Gasteiger charge is -2.17. The smallest absolute Gasteiger partial charge is 0.0702 e. The first kappa shape index (κ1) is 14.1. The van der Waals surface area contributed by atoms with Crippen molar-refractivity contribution in [2.75, 3.05) is 6.54 Å². The summed E-state index contributed by atoms with van der Waals surface area (Å²) in [7, 11) is 0. The third kappa shape index (κ3) is 3.15. The Morgan fingerprint density at radius 3 is 2.67 bits per heavy atom. The van der Waals surface area contributed by atoms with E-state index in [-0.39, 0.29) is 6.04 Å². The Bertz CT molecular complexity index is 538. The van der Waals surface area contributed by atoms with E-state index in [1.807, 2.05) is 6.92 Å². The van der Waals surface area contributed by atoms with Crippen LogP contribution in [0.5, 0.6) is 0 Å². The molecule has 18 heavy (non-hydrogen) atoms. The van der Waals surface area contributed by atoms with Gasteiger partial charge < -0.3 is 5.32 Å². The highest BCUT2D eigenvalue weighted by Gasteiger charge is 2.15. The van der Waals surface area contributed by atoms with Crippen LogP contribution in [0.25, 0.3) is 0 Å². The minimum atomic E-state index is 0.212. The lowest BCUT2D eigenvalue weighted by molar-refractivity contribution is 0.639. The number of benzene rings is 1. The number of rotatable bonds is 4. The minimum Gasteiger partial charge on any atom is -0.306 e. The van der Waals surface area contributed by atoms with Crippen LogP contribution in [0.1, 0.15) is 29.0 Å². The first-order chi connectivity index (χ1) is 8.61. The van der Waals surface area contributed by atoms with E-state index in [2.05, 4.69) is 58.5 Å². The zero-order valence-corrected chi connectivity index (χ0v) is 13.5. The van der Waals surface area contributed by atoms with Crippen molar-refractivity contribution < 1.29 is 0 Å². The molecule has 0 aliphatic rings. The van der Waals surface area contributed by atoms with E-state index < -0.39 is 0 Å². The third-order valence-electron chi connectivity index (χ3n) is 2.82. The molecular formula is C14H15BrClNS. The molecule has 1 atom stereocenters. The van der Waals surface area contributed by atoms with Gasteiger partial charge in [0.1, 0.15) is 0 Å². The maximum absolute atomic E-state index is 6.22. The largest absolute Gasteiger partial charge is 0.306 e. The zero-order chi connectivity index (χ0) is 13.1. The molecule has 1 unspecified atom stereocenters. The molecular weight excluding hydrogens is 330 g/mol. The Hall–Kier alpha value is -0.350. The predicted molar refractivity (Wildman–Crippen MR) is 83.7 cm³/mol. The lowest BCUT2D eigenvalue weighted by atomic mass is 10.0. The summed E-state index contributed by atoms with van der Waals surface area (Å²) in [6.07, 6.45) is 0. The van der Waals surface area contributed by atoms with Gasteiger partial charge in [-0.25, -0.2) is 0 Å². The molecule has 2 aromatic rings. The summed E-state index contributed by atoms with van der Waals surface area (Å²) in [5, 5.41) is 4.33. The van der Waals surface area contributed by atoms with Crippen molar-refractivity contribution in [2.45, 2.75) is 19.9 Å². The van der Waals surface area contributed by atoms with Crippen LogP contribution in [0, 0.1) is 6.92 Å². The van der Waals surface area contributed by atoms with Crippen molar-refractivity contribution >= 4 is 38.9 Å². The maximum atomic E-state index is 6.22. The highest BCUT2D eigenvalue weighted by atomic mass is 79.9. The van der Waals surface area contributed by atoms with Gasteiger partial charge in [0.15, 0.2) is 0 Å². The number of nitrogens with one attached hydrogen (secondary N) is 1. The van der Waals surface area contributed by atoms with Crippen molar-refractivity contribution in [1.82, 2.24) is 5.32 Å². The van der Waals surface area contributed by atoms with Gasteiger partial charge in [0.2, 0.25) is 0 Å². The maximum Gasteiger partial charge on any atom is 0.0702 e. The molecule has 1 aromatic carbocycles. The van der Waals surface area contributed by atoms with Crippen LogP contribution in [-0.4, -0.2) is 6.54 Å². The zero-order valence-electron chi connectivity index (χ0n) is 10.3. The van der Waals surface area contributed by atoms with Crippen molar-refractivity contribution in [2.24, 2.45) is 0 Å². The van der Waals surface area contributed by atoms with Gasteiger partial charge in [0, 0.05) is 9.90 Å². The van der Waals surface area contributed by atoms with E-state index in [1.165, 1.54) is 10.4 Å². The fraction of sp³-hybridized carbons (Fsp3) is 0.286. The molecule has 1 aromatic heterocycles. The van der Waals surface area contributed by atoms with Crippen molar-refractivity contribution in [1.29, 1.82) is 0 Å². The Morgan fingerprint density at radius 1 is 1.33 bits per heavy atom. The highest BCUT2D eigenvalue weighted by Crippen LogP contribution is 2.32. The van der Waals surface area contributed by atoms with E-state index in [4.69, 9.17) is 11.6 Å². The second-order valence-electron chi connectivity index (χ2n) is 4.14. The van der Waals surface area contributed by atoms with Crippen LogP contribution in [0.3, 0.4) is 0 Å². The topological polar surface area (TPSA) is 12.0 Å². The highest BCUT2D eigenvalue weighted by molar-refractivity contribution is 9.11. The fourth-order valence-electron chi connectivity index (χ4n) is 1.86. The molecule has 1 N–H and O–H groups in total. The number of hydrogen-bond donors (Lipinski definition) is 1. The van der Waals surface area contributed by atoms with E-state index in [9.17, 15) is 0 Å². The number of thiophene rings is 1. The third-order valence-corrected chi connectivity index (χ3v) is 4.91. The van der Waals surface area contributed by atoms with Gasteiger partial charge in [0.05, 0.1) is 9.83 Å². The van der Waals surface area contributed by atoms with Crippen LogP contribution in [0.2, 0.25) is 5.02 Å². The van der Waals surface area contributed by atoms with E-state index >= 15 is 0 Å². The quantitative estimate of drug-likeness (QED) is 0.806. The Balaban J connectivity index is 2.37. The lowest BCUT2D eigenvalue weighted by Crippen LogP contribution is -2.21. The molecule has 0 fully saturated rings. The molecule has 2 rings (SSSR count). The summed E-state index contributed by atoms with van der Waals surface area (Å²) in [5.41, 5.74) is 2.32. The van der Waals surface area contributed by atoms with Gasteiger partial charge in [-0.05, 0) is 58.7 Å². The number of halogens is 2. The molecule has 0 radical (unpaired) electrons. The SMILES string of the molecule is CCNC(c1ccc(C)c(Cl)c1)c1ccc(Br)s1. The Morgan fingerprint density at radius 2 is 2.11 bits per heavy atom. The minimum absolute atomic E-state index is 0.212. The molecule has 0 aliphatic carbocycles. The second kappa shape index (κ2) is 6.20. The van der Waals surface area contributed by atoms with Crippen molar-refractivity contribution in [3.63, 3.8) is 0 Å². The molecule has 0 amide bonds. The summed E-state index contributed by atoms with van der Waals surface area (Å²) in [6.45, 7) is 5.06. The van der Waals surface area contributed by atoms with Crippen molar-refractivity contribution in [3.8, 4) is 0 Å². The van der Waals surface area contributed by atoms with Crippen LogP contribution in [0.4, 0.5) is 0 Å². The molecule has 4 heteroatoms. The molecule has 0 aliphatic heterocycles. The molecule has 0 bridgehead atoms. The summed E-state index contributed by atoms with van der Waals surface area (Å²) in [4.78, 5) is 1.30. The first-order valence-corrected chi connectivity index (χ1v) is 7.85. The molecule has 1 nitrogen and oxygen atoms in total. The van der Waals surface area contributed by atoms with E-state index in [1.54, 1.807) is 11.3 Å². The fourth-order valence-corrected chi connectivity index (χ4v) is 3.58. The summed E-state index contributed by atoms with van der Waals surface area (Å²) >= 11 is 11.5. The second-order valence-corrected chi connectivity index (χ2v) is 7.04. The summed E-state index contributed by atoms with van der Waals surface area (Å²) < 4.78 is 1.15. The summed E-state index contributed by atoms with van der Waals surface area (Å²) in [5.74, 6) is 0.